The van der Waals surface area contributed by atoms with Gasteiger partial charge < -0.3 is 10.6 Å². The summed E-state index contributed by atoms with van der Waals surface area (Å²) in [7, 11) is -1.74. The van der Waals surface area contributed by atoms with Crippen LogP contribution >= 0.6 is 0 Å². The zero-order valence-corrected chi connectivity index (χ0v) is 12.5. The molecule has 1 aromatic carbocycles. The molecule has 0 fully saturated rings. The lowest BCUT2D eigenvalue weighted by Crippen LogP contribution is -2.31. The van der Waals surface area contributed by atoms with Crippen molar-refractivity contribution in [1.29, 1.82) is 0 Å². The van der Waals surface area contributed by atoms with Gasteiger partial charge in [0.25, 0.3) is 0 Å². The molecule has 0 aliphatic carbocycles. The van der Waals surface area contributed by atoms with Crippen LogP contribution in [0.4, 0.5) is 16.2 Å². The molecule has 0 bridgehead atoms. The maximum Gasteiger partial charge on any atom is 0.318 e. The molecule has 110 valence electrons. The number of hydrogen-bond acceptors (Lipinski definition) is 3. The van der Waals surface area contributed by atoms with Crippen molar-refractivity contribution >= 4 is 27.4 Å². The maximum absolute atomic E-state index is 12.2. The number of fused-ring (bicyclic) bond motifs is 1. The van der Waals surface area contributed by atoms with Crippen molar-refractivity contribution < 1.29 is 13.2 Å². The van der Waals surface area contributed by atoms with E-state index in [2.05, 4.69) is 10.6 Å². The van der Waals surface area contributed by atoms with E-state index in [1.807, 2.05) is 13.0 Å². The fraction of sp³-hybridized carbons (Fsp3) is 0.462. The molecule has 2 rings (SSSR count). The van der Waals surface area contributed by atoms with Crippen molar-refractivity contribution in [1.82, 2.24) is 5.32 Å². The number of sulfonamides is 1. The molecule has 2 amide bonds. The lowest BCUT2D eigenvalue weighted by molar-refractivity contribution is 0.254. The van der Waals surface area contributed by atoms with Gasteiger partial charge in [-0.3, -0.25) is 4.31 Å². The van der Waals surface area contributed by atoms with Crippen molar-refractivity contribution in [3.8, 4) is 0 Å². The number of hydrogen-bond donors (Lipinski definition) is 2. The Balaban J connectivity index is 2.30. The summed E-state index contributed by atoms with van der Waals surface area (Å²) >= 11 is 0. The standard InChI is InChI=1S/C13H19N3O3S/c1-3-8-20(18,19)16-7-6-10-4-5-11(9-12(10)16)15-13(17)14-2/h4-5,9H,3,6-8H2,1-2H3,(H2,14,15,17). The Morgan fingerprint density at radius 3 is 2.80 bits per heavy atom. The maximum atomic E-state index is 12.2. The number of benzene rings is 1. The molecule has 7 heteroatoms. The minimum atomic E-state index is -3.27. The number of rotatable bonds is 4. The molecule has 1 heterocycles. The Hall–Kier alpha value is -1.76. The zero-order chi connectivity index (χ0) is 14.8. The molecule has 0 radical (unpaired) electrons. The molecule has 0 spiro atoms. The molecule has 0 atom stereocenters. The third-order valence-corrected chi connectivity index (χ3v) is 5.20. The minimum Gasteiger partial charge on any atom is -0.341 e. The average Bonchev–Trinajstić information content (AvgIpc) is 2.82. The summed E-state index contributed by atoms with van der Waals surface area (Å²) in [6.45, 7) is 2.32. The second-order valence-corrected chi connectivity index (χ2v) is 6.70. The van der Waals surface area contributed by atoms with Crippen molar-refractivity contribution in [3.63, 3.8) is 0 Å². The number of nitrogens with zero attached hydrogens (tertiary/aromatic N) is 1. The lowest BCUT2D eigenvalue weighted by atomic mass is 10.1. The van der Waals surface area contributed by atoms with Crippen LogP contribution in [0.5, 0.6) is 0 Å². The van der Waals surface area contributed by atoms with Crippen molar-refractivity contribution in [2.75, 3.05) is 29.0 Å². The van der Waals surface area contributed by atoms with E-state index < -0.39 is 10.0 Å². The number of urea groups is 1. The normalized spacial score (nSPS) is 14.0. The van der Waals surface area contributed by atoms with Gasteiger partial charge in [0.2, 0.25) is 10.0 Å². The van der Waals surface area contributed by atoms with Gasteiger partial charge in [0.15, 0.2) is 0 Å². The van der Waals surface area contributed by atoms with E-state index in [-0.39, 0.29) is 11.8 Å². The average molecular weight is 297 g/mol. The summed E-state index contributed by atoms with van der Waals surface area (Å²) in [6, 6.07) is 5.03. The van der Waals surface area contributed by atoms with Crippen molar-refractivity contribution in [2.24, 2.45) is 0 Å². The van der Waals surface area contributed by atoms with Crippen LogP contribution in [0.25, 0.3) is 0 Å². The summed E-state index contributed by atoms with van der Waals surface area (Å²) < 4.78 is 25.9. The van der Waals surface area contributed by atoms with Gasteiger partial charge in [0.05, 0.1) is 11.4 Å². The van der Waals surface area contributed by atoms with Crippen molar-refractivity contribution in [2.45, 2.75) is 19.8 Å². The fourth-order valence-corrected chi connectivity index (χ4v) is 3.85. The second kappa shape index (κ2) is 5.70. The highest BCUT2D eigenvalue weighted by Gasteiger charge is 2.28. The van der Waals surface area contributed by atoms with Crippen molar-refractivity contribution in [3.05, 3.63) is 23.8 Å². The summed E-state index contributed by atoms with van der Waals surface area (Å²) in [4.78, 5) is 11.3. The van der Waals surface area contributed by atoms with Gasteiger partial charge in [0, 0.05) is 19.3 Å². The predicted octanol–water partition coefficient (Wildman–Crippen LogP) is 1.54. The van der Waals surface area contributed by atoms with E-state index in [1.54, 1.807) is 12.1 Å². The van der Waals surface area contributed by atoms with E-state index in [0.29, 0.717) is 30.8 Å². The first-order valence-corrected chi connectivity index (χ1v) is 8.21. The molecule has 20 heavy (non-hydrogen) atoms. The quantitative estimate of drug-likeness (QED) is 0.885. The molecule has 0 unspecified atom stereocenters. The molecule has 0 saturated heterocycles. The van der Waals surface area contributed by atoms with Gasteiger partial charge in [-0.1, -0.05) is 13.0 Å². The van der Waals surface area contributed by atoms with E-state index >= 15 is 0 Å². The van der Waals surface area contributed by atoms with Crippen LogP contribution in [0.3, 0.4) is 0 Å². The minimum absolute atomic E-state index is 0.138. The molecule has 1 aromatic rings. The largest absolute Gasteiger partial charge is 0.341 e. The summed E-state index contributed by atoms with van der Waals surface area (Å²) in [6.07, 6.45) is 1.29. The first-order valence-electron chi connectivity index (χ1n) is 6.60. The topological polar surface area (TPSA) is 78.5 Å². The van der Waals surface area contributed by atoms with Gasteiger partial charge in [-0.15, -0.1) is 0 Å². The lowest BCUT2D eigenvalue weighted by Gasteiger charge is -2.19. The molecule has 1 aliphatic rings. The Bertz CT molecular complexity index is 613. The van der Waals surface area contributed by atoms with Crippen LogP contribution in [0.15, 0.2) is 18.2 Å². The van der Waals surface area contributed by atoms with E-state index in [1.165, 1.54) is 11.4 Å². The van der Waals surface area contributed by atoms with Gasteiger partial charge >= 0.3 is 6.03 Å². The monoisotopic (exact) mass is 297 g/mol. The molecular weight excluding hydrogens is 278 g/mol. The number of carbonyl (C=O) groups excluding carboxylic acids is 1. The summed E-state index contributed by atoms with van der Waals surface area (Å²) in [5, 5.41) is 5.11. The molecular formula is C13H19N3O3S. The predicted molar refractivity (Wildman–Crippen MR) is 79.6 cm³/mol. The Labute approximate surface area is 119 Å². The second-order valence-electron chi connectivity index (χ2n) is 4.69. The highest BCUT2D eigenvalue weighted by Crippen LogP contribution is 2.33. The number of nitrogens with one attached hydrogen (secondary N) is 2. The third-order valence-electron chi connectivity index (χ3n) is 3.22. The number of carbonyl (C=O) groups is 1. The molecule has 2 N–H and O–H groups in total. The van der Waals surface area contributed by atoms with Gasteiger partial charge in [-0.2, -0.15) is 0 Å². The summed E-state index contributed by atoms with van der Waals surface area (Å²) in [5.41, 5.74) is 2.25. The highest BCUT2D eigenvalue weighted by atomic mass is 32.2. The number of anilines is 2. The van der Waals surface area contributed by atoms with E-state index in [0.717, 1.165) is 5.56 Å². The first-order chi connectivity index (χ1) is 9.47. The van der Waals surface area contributed by atoms with Crippen LogP contribution < -0.4 is 14.9 Å². The van der Waals surface area contributed by atoms with Gasteiger partial charge in [-0.25, -0.2) is 13.2 Å². The van der Waals surface area contributed by atoms with E-state index in [9.17, 15) is 13.2 Å². The Morgan fingerprint density at radius 2 is 2.15 bits per heavy atom. The van der Waals surface area contributed by atoms with Crippen LogP contribution in [-0.2, 0) is 16.4 Å². The zero-order valence-electron chi connectivity index (χ0n) is 11.6. The van der Waals surface area contributed by atoms with Crippen LogP contribution in [0, 0.1) is 0 Å². The van der Waals surface area contributed by atoms with Gasteiger partial charge in [0.1, 0.15) is 0 Å². The third kappa shape index (κ3) is 2.87. The molecule has 6 nitrogen and oxygen atoms in total. The Kier molecular flexibility index (Phi) is 4.17. The summed E-state index contributed by atoms with van der Waals surface area (Å²) in [5.74, 6) is 0.138. The SMILES string of the molecule is CCCS(=O)(=O)N1CCc2ccc(NC(=O)NC)cc21. The molecule has 1 aliphatic heterocycles. The smallest absolute Gasteiger partial charge is 0.318 e. The van der Waals surface area contributed by atoms with Crippen LogP contribution in [-0.4, -0.2) is 33.8 Å². The van der Waals surface area contributed by atoms with E-state index in [4.69, 9.17) is 0 Å². The molecule has 0 saturated carbocycles. The fourth-order valence-electron chi connectivity index (χ4n) is 2.28. The number of amides is 2. The first kappa shape index (κ1) is 14.6. The van der Waals surface area contributed by atoms with Crippen LogP contribution in [0.1, 0.15) is 18.9 Å². The molecule has 0 aromatic heterocycles. The highest BCUT2D eigenvalue weighted by molar-refractivity contribution is 7.92. The van der Waals surface area contributed by atoms with Crippen LogP contribution in [0.2, 0.25) is 0 Å². The Morgan fingerprint density at radius 1 is 1.40 bits per heavy atom. The van der Waals surface area contributed by atoms with Gasteiger partial charge in [-0.05, 0) is 30.5 Å².